The number of hydrogen-bond donors (Lipinski definition) is 1. The summed E-state index contributed by atoms with van der Waals surface area (Å²) in [5, 5.41) is 23.8. The molecule has 0 atom stereocenters. The summed E-state index contributed by atoms with van der Waals surface area (Å²) < 4.78 is 0. The Labute approximate surface area is 116 Å². The standard InChI is InChI=1S/C15H11N3S/c1-19-15(12(9-16)10-17)18-14-8-4-6-11-5-2-3-7-13(11)14/h2-8,18H,1H3. The third kappa shape index (κ3) is 2.70. The zero-order valence-corrected chi connectivity index (χ0v) is 11.2. The molecule has 0 radical (unpaired) electrons. The molecule has 0 saturated carbocycles. The number of allylic oxidation sites excluding steroid dienone is 1. The van der Waals surface area contributed by atoms with E-state index in [-0.39, 0.29) is 5.57 Å². The first-order valence-corrected chi connectivity index (χ1v) is 6.86. The molecule has 3 nitrogen and oxygen atoms in total. The summed E-state index contributed by atoms with van der Waals surface area (Å²) >= 11 is 1.35. The maximum atomic E-state index is 8.94. The fourth-order valence-corrected chi connectivity index (χ4v) is 2.31. The minimum absolute atomic E-state index is 0.0976. The van der Waals surface area contributed by atoms with Crippen LogP contribution in [0.2, 0.25) is 0 Å². The molecule has 0 aliphatic heterocycles. The summed E-state index contributed by atoms with van der Waals surface area (Å²) in [4.78, 5) is 0. The second-order valence-electron chi connectivity index (χ2n) is 3.78. The Morgan fingerprint density at radius 2 is 1.74 bits per heavy atom. The van der Waals surface area contributed by atoms with Gasteiger partial charge in [-0.15, -0.1) is 11.8 Å². The van der Waals surface area contributed by atoms with Crippen molar-refractivity contribution in [3.8, 4) is 12.1 Å². The summed E-state index contributed by atoms with van der Waals surface area (Å²) in [6.07, 6.45) is 1.84. The van der Waals surface area contributed by atoms with Gasteiger partial charge in [-0.2, -0.15) is 10.5 Å². The Morgan fingerprint density at radius 1 is 1.05 bits per heavy atom. The van der Waals surface area contributed by atoms with Gasteiger partial charge in [-0.3, -0.25) is 0 Å². The van der Waals surface area contributed by atoms with Crippen molar-refractivity contribution >= 4 is 28.2 Å². The molecule has 0 spiro atoms. The van der Waals surface area contributed by atoms with E-state index in [4.69, 9.17) is 10.5 Å². The van der Waals surface area contributed by atoms with Crippen LogP contribution in [0.15, 0.2) is 53.1 Å². The quantitative estimate of drug-likeness (QED) is 0.856. The highest BCUT2D eigenvalue weighted by molar-refractivity contribution is 8.02. The van der Waals surface area contributed by atoms with Crippen LogP contribution in [0, 0.1) is 22.7 Å². The van der Waals surface area contributed by atoms with Crippen LogP contribution in [0.5, 0.6) is 0 Å². The second-order valence-corrected chi connectivity index (χ2v) is 4.60. The number of rotatable bonds is 3. The van der Waals surface area contributed by atoms with Crippen LogP contribution in [-0.4, -0.2) is 6.26 Å². The Bertz CT molecular complexity index is 699. The fraction of sp³-hybridized carbons (Fsp3) is 0.0667. The summed E-state index contributed by atoms with van der Waals surface area (Å²) in [5.74, 6) is 0. The van der Waals surface area contributed by atoms with Gasteiger partial charge in [0.05, 0.1) is 0 Å². The summed E-state index contributed by atoms with van der Waals surface area (Å²) in [5.41, 5.74) is 0.992. The van der Waals surface area contributed by atoms with E-state index in [0.717, 1.165) is 16.5 Å². The lowest BCUT2D eigenvalue weighted by molar-refractivity contribution is 1.44. The van der Waals surface area contributed by atoms with Gasteiger partial charge in [0.1, 0.15) is 17.2 Å². The molecule has 0 amide bonds. The molecule has 92 valence electrons. The molecule has 0 aromatic heterocycles. The lowest BCUT2D eigenvalue weighted by Crippen LogP contribution is -1.99. The molecule has 1 N–H and O–H groups in total. The van der Waals surface area contributed by atoms with E-state index < -0.39 is 0 Å². The number of anilines is 1. The normalized spacial score (nSPS) is 9.42. The molecule has 0 bridgehead atoms. The van der Waals surface area contributed by atoms with E-state index in [0.29, 0.717) is 5.03 Å². The molecule has 2 rings (SSSR count). The number of nitrogens with zero attached hydrogens (tertiary/aromatic N) is 2. The van der Waals surface area contributed by atoms with Crippen molar-refractivity contribution in [2.24, 2.45) is 0 Å². The maximum absolute atomic E-state index is 8.94. The molecule has 0 aliphatic rings. The second kappa shape index (κ2) is 5.95. The smallest absolute Gasteiger partial charge is 0.159 e. The Balaban J connectivity index is 2.50. The molecule has 19 heavy (non-hydrogen) atoms. The molecule has 2 aromatic carbocycles. The third-order valence-electron chi connectivity index (χ3n) is 2.69. The van der Waals surface area contributed by atoms with Crippen LogP contribution < -0.4 is 5.32 Å². The number of benzene rings is 2. The number of fused-ring (bicyclic) bond motifs is 1. The van der Waals surface area contributed by atoms with Crippen LogP contribution in [0.1, 0.15) is 0 Å². The van der Waals surface area contributed by atoms with Crippen molar-refractivity contribution in [2.75, 3.05) is 11.6 Å². The van der Waals surface area contributed by atoms with Crippen molar-refractivity contribution in [1.29, 1.82) is 10.5 Å². The highest BCUT2D eigenvalue weighted by Crippen LogP contribution is 2.27. The van der Waals surface area contributed by atoms with Gasteiger partial charge in [0.25, 0.3) is 0 Å². The fourth-order valence-electron chi connectivity index (χ4n) is 1.80. The van der Waals surface area contributed by atoms with Gasteiger partial charge in [0, 0.05) is 11.1 Å². The van der Waals surface area contributed by atoms with Gasteiger partial charge in [-0.25, -0.2) is 0 Å². The predicted octanol–water partition coefficient (Wildman–Crippen LogP) is 3.87. The van der Waals surface area contributed by atoms with Crippen molar-refractivity contribution in [3.63, 3.8) is 0 Å². The van der Waals surface area contributed by atoms with E-state index >= 15 is 0 Å². The Kier molecular flexibility index (Phi) is 4.07. The van der Waals surface area contributed by atoms with Gasteiger partial charge in [-0.05, 0) is 17.7 Å². The third-order valence-corrected chi connectivity index (χ3v) is 3.41. The van der Waals surface area contributed by atoms with E-state index in [1.807, 2.05) is 60.9 Å². The van der Waals surface area contributed by atoms with Crippen LogP contribution in [0.3, 0.4) is 0 Å². The summed E-state index contributed by atoms with van der Waals surface area (Å²) in [6.45, 7) is 0. The van der Waals surface area contributed by atoms with Gasteiger partial charge >= 0.3 is 0 Å². The molecule has 4 heteroatoms. The van der Waals surface area contributed by atoms with Crippen LogP contribution in [-0.2, 0) is 0 Å². The number of hydrogen-bond acceptors (Lipinski definition) is 4. The largest absolute Gasteiger partial charge is 0.348 e. The van der Waals surface area contributed by atoms with E-state index in [1.165, 1.54) is 11.8 Å². The predicted molar refractivity (Wildman–Crippen MR) is 79.3 cm³/mol. The first kappa shape index (κ1) is 13.0. The van der Waals surface area contributed by atoms with Crippen molar-refractivity contribution < 1.29 is 0 Å². The summed E-state index contributed by atoms with van der Waals surface area (Å²) in [6, 6.07) is 17.7. The molecule has 0 aliphatic carbocycles. The zero-order chi connectivity index (χ0) is 13.7. The first-order valence-electron chi connectivity index (χ1n) is 5.63. The van der Waals surface area contributed by atoms with Gasteiger partial charge < -0.3 is 5.32 Å². The summed E-state index contributed by atoms with van der Waals surface area (Å²) in [7, 11) is 0. The maximum Gasteiger partial charge on any atom is 0.159 e. The van der Waals surface area contributed by atoms with Gasteiger partial charge in [0.2, 0.25) is 0 Å². The van der Waals surface area contributed by atoms with Crippen LogP contribution >= 0.6 is 11.8 Å². The topological polar surface area (TPSA) is 59.6 Å². The van der Waals surface area contributed by atoms with Crippen molar-refractivity contribution in [3.05, 3.63) is 53.1 Å². The Hall–Kier alpha value is -2.43. The lowest BCUT2D eigenvalue weighted by atomic mass is 10.1. The number of nitrogens with one attached hydrogen (secondary N) is 1. The number of nitriles is 2. The van der Waals surface area contributed by atoms with Crippen molar-refractivity contribution in [2.45, 2.75) is 0 Å². The highest BCUT2D eigenvalue weighted by atomic mass is 32.2. The molecule has 2 aromatic rings. The number of thioether (sulfide) groups is 1. The molecule has 0 fully saturated rings. The lowest BCUT2D eigenvalue weighted by Gasteiger charge is -2.11. The van der Waals surface area contributed by atoms with Crippen LogP contribution in [0.4, 0.5) is 5.69 Å². The van der Waals surface area contributed by atoms with E-state index in [2.05, 4.69) is 5.32 Å². The molecule has 0 unspecified atom stereocenters. The van der Waals surface area contributed by atoms with E-state index in [9.17, 15) is 0 Å². The minimum Gasteiger partial charge on any atom is -0.348 e. The SMILES string of the molecule is CSC(Nc1cccc2ccccc12)=C(C#N)C#N. The van der Waals surface area contributed by atoms with Gasteiger partial charge in [0.15, 0.2) is 5.57 Å². The van der Waals surface area contributed by atoms with Crippen LogP contribution in [0.25, 0.3) is 10.8 Å². The minimum atomic E-state index is 0.0976. The first-order chi connectivity index (χ1) is 9.30. The van der Waals surface area contributed by atoms with Gasteiger partial charge in [-0.1, -0.05) is 36.4 Å². The average molecular weight is 265 g/mol. The molecular formula is C15H11N3S. The average Bonchev–Trinajstić information content (AvgIpc) is 2.47. The van der Waals surface area contributed by atoms with E-state index in [1.54, 1.807) is 0 Å². The molecular weight excluding hydrogens is 254 g/mol. The monoisotopic (exact) mass is 265 g/mol. The highest BCUT2D eigenvalue weighted by Gasteiger charge is 2.07. The van der Waals surface area contributed by atoms with Crippen molar-refractivity contribution in [1.82, 2.24) is 0 Å². The Morgan fingerprint density at radius 3 is 2.42 bits per heavy atom. The zero-order valence-electron chi connectivity index (χ0n) is 10.3. The molecule has 0 heterocycles. The molecule has 0 saturated heterocycles.